The molecule has 2 aromatic rings. The Bertz CT molecular complexity index is 1010. The van der Waals surface area contributed by atoms with E-state index in [1.807, 2.05) is 12.1 Å². The standard InChI is InChI=1S/C16H15N3O6S2/c17-15(20)8-10(16(21)18-22)19-27(23,24)9-5-6-14-12(7-9)25-11-3-1-2-4-13(11)26-14/h1-7,10,19,22H,8H2,(H2,17,20)(H,18,21)/t10-/m1/s1. The molecule has 0 unspecified atom stereocenters. The van der Waals surface area contributed by atoms with E-state index in [1.165, 1.54) is 29.4 Å². The highest BCUT2D eigenvalue weighted by Crippen LogP contribution is 2.47. The minimum absolute atomic E-state index is 0.165. The van der Waals surface area contributed by atoms with Gasteiger partial charge in [0.2, 0.25) is 15.9 Å². The predicted molar refractivity (Wildman–Crippen MR) is 94.9 cm³/mol. The predicted octanol–water partition coefficient (Wildman–Crippen LogP) is 0.971. The summed E-state index contributed by atoms with van der Waals surface area (Å²) >= 11 is 1.43. The van der Waals surface area contributed by atoms with Gasteiger partial charge in [0.25, 0.3) is 5.91 Å². The van der Waals surface area contributed by atoms with Crippen LogP contribution < -0.4 is 20.7 Å². The fourth-order valence-corrected chi connectivity index (χ4v) is 4.54. The zero-order valence-corrected chi connectivity index (χ0v) is 15.3. The number of rotatable bonds is 6. The van der Waals surface area contributed by atoms with Crippen LogP contribution in [-0.4, -0.2) is 31.5 Å². The van der Waals surface area contributed by atoms with Crippen LogP contribution in [0, 0.1) is 0 Å². The average Bonchev–Trinajstić information content (AvgIpc) is 2.64. The van der Waals surface area contributed by atoms with Gasteiger partial charge in [0.15, 0.2) is 0 Å². The summed E-state index contributed by atoms with van der Waals surface area (Å²) in [4.78, 5) is 24.1. The minimum Gasteiger partial charge on any atom is -0.455 e. The Labute approximate surface area is 158 Å². The number of nitrogens with two attached hydrogens (primary N) is 1. The summed E-state index contributed by atoms with van der Waals surface area (Å²) in [5.74, 6) is -1.06. The maximum Gasteiger partial charge on any atom is 0.262 e. The highest BCUT2D eigenvalue weighted by Gasteiger charge is 2.28. The first-order chi connectivity index (χ1) is 12.8. The fourth-order valence-electron chi connectivity index (χ4n) is 2.40. The van der Waals surface area contributed by atoms with Crippen LogP contribution in [0.15, 0.2) is 57.2 Å². The van der Waals surface area contributed by atoms with Crippen LogP contribution in [0.5, 0.6) is 11.5 Å². The monoisotopic (exact) mass is 409 g/mol. The lowest BCUT2D eigenvalue weighted by atomic mass is 10.2. The van der Waals surface area contributed by atoms with Crippen molar-refractivity contribution >= 4 is 33.6 Å². The SMILES string of the molecule is NC(=O)C[C@@H](NS(=O)(=O)c1ccc2c(c1)Oc1ccccc1S2)C(=O)NO. The van der Waals surface area contributed by atoms with E-state index in [2.05, 4.69) is 4.72 Å². The van der Waals surface area contributed by atoms with Crippen molar-refractivity contribution in [2.24, 2.45) is 5.73 Å². The molecule has 1 heterocycles. The van der Waals surface area contributed by atoms with Gasteiger partial charge in [-0.3, -0.25) is 14.8 Å². The van der Waals surface area contributed by atoms with Crippen LogP contribution in [0.1, 0.15) is 6.42 Å². The molecule has 0 fully saturated rings. The lowest BCUT2D eigenvalue weighted by Gasteiger charge is -2.20. The zero-order valence-electron chi connectivity index (χ0n) is 13.7. The van der Waals surface area contributed by atoms with Crippen molar-refractivity contribution in [3.05, 3.63) is 42.5 Å². The maximum absolute atomic E-state index is 12.6. The number of sulfonamides is 1. The second kappa shape index (κ2) is 7.56. The molecule has 9 nitrogen and oxygen atoms in total. The molecule has 0 aliphatic carbocycles. The minimum atomic E-state index is -4.19. The largest absolute Gasteiger partial charge is 0.455 e. The molecule has 5 N–H and O–H groups in total. The average molecular weight is 409 g/mol. The third-order valence-corrected chi connectivity index (χ3v) is 6.23. The fraction of sp³-hybridized carbons (Fsp3) is 0.125. The lowest BCUT2D eigenvalue weighted by Crippen LogP contribution is -2.47. The number of ether oxygens (including phenoxy) is 1. The molecular formula is C16H15N3O6S2. The van der Waals surface area contributed by atoms with Crippen molar-refractivity contribution < 1.29 is 28.0 Å². The highest BCUT2D eigenvalue weighted by molar-refractivity contribution is 7.99. The Morgan fingerprint density at radius 1 is 1.15 bits per heavy atom. The number of hydroxylamine groups is 1. The van der Waals surface area contributed by atoms with E-state index in [0.717, 1.165) is 9.79 Å². The first kappa shape index (κ1) is 19.2. The molecule has 0 saturated carbocycles. The molecule has 0 saturated heterocycles. The lowest BCUT2D eigenvalue weighted by molar-refractivity contribution is -0.133. The number of fused-ring (bicyclic) bond motifs is 2. The molecule has 27 heavy (non-hydrogen) atoms. The van der Waals surface area contributed by atoms with Crippen molar-refractivity contribution in [2.45, 2.75) is 27.1 Å². The quantitative estimate of drug-likeness (QED) is 0.350. The third-order valence-electron chi connectivity index (χ3n) is 3.64. The highest BCUT2D eigenvalue weighted by atomic mass is 32.2. The van der Waals surface area contributed by atoms with E-state index in [1.54, 1.807) is 18.2 Å². The van der Waals surface area contributed by atoms with E-state index in [4.69, 9.17) is 15.7 Å². The molecule has 3 rings (SSSR count). The number of primary amides is 1. The molecule has 1 aliphatic heterocycles. The van der Waals surface area contributed by atoms with Gasteiger partial charge in [0, 0.05) is 6.07 Å². The number of nitrogens with one attached hydrogen (secondary N) is 2. The summed E-state index contributed by atoms with van der Waals surface area (Å²) in [7, 11) is -4.19. The van der Waals surface area contributed by atoms with Crippen LogP contribution >= 0.6 is 11.8 Å². The summed E-state index contributed by atoms with van der Waals surface area (Å²) < 4.78 is 33.0. The number of hydrogen-bond acceptors (Lipinski definition) is 7. The Morgan fingerprint density at radius 3 is 2.56 bits per heavy atom. The summed E-state index contributed by atoms with van der Waals surface area (Å²) in [5.41, 5.74) is 6.33. The van der Waals surface area contributed by atoms with Gasteiger partial charge in [0.05, 0.1) is 21.1 Å². The van der Waals surface area contributed by atoms with Gasteiger partial charge >= 0.3 is 0 Å². The molecular weight excluding hydrogens is 394 g/mol. The topological polar surface area (TPSA) is 148 Å². The molecule has 2 aromatic carbocycles. The first-order valence-corrected chi connectivity index (χ1v) is 9.93. The van der Waals surface area contributed by atoms with Gasteiger partial charge in [-0.25, -0.2) is 13.9 Å². The number of benzene rings is 2. The molecule has 1 atom stereocenters. The van der Waals surface area contributed by atoms with Crippen molar-refractivity contribution in [2.75, 3.05) is 0 Å². The summed E-state index contributed by atoms with van der Waals surface area (Å²) in [5, 5.41) is 8.73. The molecule has 11 heteroatoms. The van der Waals surface area contributed by atoms with Gasteiger partial charge in [-0.2, -0.15) is 4.72 Å². The van der Waals surface area contributed by atoms with Crippen molar-refractivity contribution in [3.63, 3.8) is 0 Å². The first-order valence-electron chi connectivity index (χ1n) is 7.63. The Morgan fingerprint density at radius 2 is 1.85 bits per heavy atom. The summed E-state index contributed by atoms with van der Waals surface area (Å²) in [6, 6.07) is 10.0. The second-order valence-corrected chi connectivity index (χ2v) is 8.38. The number of amides is 2. The maximum atomic E-state index is 12.6. The molecule has 0 spiro atoms. The molecule has 0 radical (unpaired) electrons. The van der Waals surface area contributed by atoms with E-state index >= 15 is 0 Å². The van der Waals surface area contributed by atoms with Gasteiger partial charge in [-0.1, -0.05) is 23.9 Å². The number of carbonyl (C=O) groups is 2. The number of hydrogen-bond donors (Lipinski definition) is 4. The van der Waals surface area contributed by atoms with Crippen LogP contribution in [0.4, 0.5) is 0 Å². The second-order valence-electron chi connectivity index (χ2n) is 5.58. The molecule has 0 bridgehead atoms. The molecule has 2 amide bonds. The smallest absolute Gasteiger partial charge is 0.262 e. The van der Waals surface area contributed by atoms with Crippen LogP contribution in [0.3, 0.4) is 0 Å². The van der Waals surface area contributed by atoms with E-state index in [-0.39, 0.29) is 4.90 Å². The Kier molecular flexibility index (Phi) is 5.37. The number of carbonyl (C=O) groups excluding carboxylic acids is 2. The van der Waals surface area contributed by atoms with Crippen LogP contribution in [0.2, 0.25) is 0 Å². The van der Waals surface area contributed by atoms with Crippen molar-refractivity contribution in [3.8, 4) is 11.5 Å². The normalized spacial score (nSPS) is 13.7. The van der Waals surface area contributed by atoms with Crippen molar-refractivity contribution in [1.29, 1.82) is 0 Å². The summed E-state index contributed by atoms with van der Waals surface area (Å²) in [6.45, 7) is 0. The van der Waals surface area contributed by atoms with E-state index < -0.39 is 34.3 Å². The third kappa shape index (κ3) is 4.22. The Balaban J connectivity index is 1.88. The van der Waals surface area contributed by atoms with Gasteiger partial charge in [0.1, 0.15) is 17.5 Å². The van der Waals surface area contributed by atoms with Crippen LogP contribution in [0.25, 0.3) is 0 Å². The van der Waals surface area contributed by atoms with Crippen molar-refractivity contribution in [1.82, 2.24) is 10.2 Å². The molecule has 1 aliphatic rings. The van der Waals surface area contributed by atoms with E-state index in [0.29, 0.717) is 11.5 Å². The van der Waals surface area contributed by atoms with Gasteiger partial charge in [-0.15, -0.1) is 0 Å². The number of para-hydroxylation sites is 1. The Hall–Kier alpha value is -2.60. The van der Waals surface area contributed by atoms with Gasteiger partial charge in [-0.05, 0) is 24.3 Å². The summed E-state index contributed by atoms with van der Waals surface area (Å²) in [6.07, 6.45) is -0.615. The van der Waals surface area contributed by atoms with E-state index in [9.17, 15) is 18.0 Å². The molecule has 0 aromatic heterocycles. The zero-order chi connectivity index (χ0) is 19.6. The van der Waals surface area contributed by atoms with Crippen LogP contribution in [-0.2, 0) is 19.6 Å². The molecule has 142 valence electrons. The van der Waals surface area contributed by atoms with Gasteiger partial charge < -0.3 is 10.5 Å².